The van der Waals surface area contributed by atoms with Crippen molar-refractivity contribution in [1.29, 1.82) is 0 Å². The normalized spacial score (nSPS) is 13.8. The summed E-state index contributed by atoms with van der Waals surface area (Å²) in [6, 6.07) is 9.58. The first-order valence-corrected chi connectivity index (χ1v) is 9.13. The molecule has 0 aromatic heterocycles. The zero-order valence-electron chi connectivity index (χ0n) is 16.3. The van der Waals surface area contributed by atoms with Crippen LogP contribution in [0, 0.1) is 10.8 Å². The molecule has 140 valence electrons. The van der Waals surface area contributed by atoms with Gasteiger partial charge >= 0.3 is 11.9 Å². The SMILES string of the molecule is CCCCOC(=O)C(C)(CC)CC(C)(C)C(=O)OCc1ccccc1. The molecule has 0 bridgehead atoms. The lowest BCUT2D eigenvalue weighted by atomic mass is 9.72. The Labute approximate surface area is 151 Å². The third-order valence-corrected chi connectivity index (χ3v) is 4.60. The van der Waals surface area contributed by atoms with Gasteiger partial charge in [0, 0.05) is 0 Å². The Balaban J connectivity index is 2.67. The van der Waals surface area contributed by atoms with Gasteiger partial charge in [-0.2, -0.15) is 0 Å². The number of hydrogen-bond acceptors (Lipinski definition) is 4. The van der Waals surface area contributed by atoms with Gasteiger partial charge < -0.3 is 9.47 Å². The molecule has 25 heavy (non-hydrogen) atoms. The molecule has 0 saturated carbocycles. The summed E-state index contributed by atoms with van der Waals surface area (Å²) in [5.41, 5.74) is -0.504. The maximum absolute atomic E-state index is 12.5. The summed E-state index contributed by atoms with van der Waals surface area (Å²) >= 11 is 0. The van der Waals surface area contributed by atoms with Crippen LogP contribution in [0.15, 0.2) is 30.3 Å². The van der Waals surface area contributed by atoms with Crippen LogP contribution in [-0.2, 0) is 25.7 Å². The van der Waals surface area contributed by atoms with E-state index >= 15 is 0 Å². The number of carbonyl (C=O) groups excluding carboxylic acids is 2. The Morgan fingerprint density at radius 1 is 0.960 bits per heavy atom. The second-order valence-corrected chi connectivity index (χ2v) is 7.53. The number of unbranched alkanes of at least 4 members (excludes halogenated alkanes) is 1. The zero-order chi connectivity index (χ0) is 18.9. The minimum atomic E-state index is -0.761. The Morgan fingerprint density at radius 2 is 1.60 bits per heavy atom. The molecular formula is C21H32O4. The molecule has 0 N–H and O–H groups in total. The van der Waals surface area contributed by atoms with Gasteiger partial charge in [0.15, 0.2) is 0 Å². The highest BCUT2D eigenvalue weighted by Crippen LogP contribution is 2.38. The molecule has 0 aliphatic rings. The molecule has 1 aromatic carbocycles. The van der Waals surface area contributed by atoms with E-state index in [9.17, 15) is 9.59 Å². The fourth-order valence-corrected chi connectivity index (χ4v) is 2.79. The van der Waals surface area contributed by atoms with Gasteiger partial charge in [0.05, 0.1) is 17.4 Å². The van der Waals surface area contributed by atoms with Gasteiger partial charge in [-0.15, -0.1) is 0 Å². The lowest BCUT2D eigenvalue weighted by molar-refractivity contribution is -0.164. The van der Waals surface area contributed by atoms with E-state index in [2.05, 4.69) is 6.92 Å². The van der Waals surface area contributed by atoms with Crippen LogP contribution in [0.1, 0.15) is 65.9 Å². The third-order valence-electron chi connectivity index (χ3n) is 4.60. The van der Waals surface area contributed by atoms with Crippen molar-refractivity contribution in [3.8, 4) is 0 Å². The van der Waals surface area contributed by atoms with Gasteiger partial charge in [-0.25, -0.2) is 0 Å². The molecule has 0 amide bonds. The summed E-state index contributed by atoms with van der Waals surface area (Å²) < 4.78 is 10.9. The highest BCUT2D eigenvalue weighted by Gasteiger charge is 2.42. The van der Waals surface area contributed by atoms with Gasteiger partial charge in [0.2, 0.25) is 0 Å². The fraction of sp³-hybridized carbons (Fsp3) is 0.619. The Hall–Kier alpha value is -1.84. The first-order chi connectivity index (χ1) is 11.7. The molecule has 0 spiro atoms. The molecular weight excluding hydrogens is 316 g/mol. The maximum atomic E-state index is 12.5. The topological polar surface area (TPSA) is 52.6 Å². The molecule has 0 aliphatic heterocycles. The van der Waals surface area contributed by atoms with Crippen LogP contribution in [-0.4, -0.2) is 18.5 Å². The monoisotopic (exact) mass is 348 g/mol. The van der Waals surface area contributed by atoms with Crippen molar-refractivity contribution in [1.82, 2.24) is 0 Å². The molecule has 0 radical (unpaired) electrons. The largest absolute Gasteiger partial charge is 0.465 e. The standard InChI is InChI=1S/C21H32O4/c1-6-8-14-24-19(23)21(5,7-2)16-20(3,4)18(22)25-15-17-12-10-9-11-13-17/h9-13H,6-8,14-16H2,1-5H3. The summed E-state index contributed by atoms with van der Waals surface area (Å²) in [6.45, 7) is 10.2. The van der Waals surface area contributed by atoms with Gasteiger partial charge in [-0.05, 0) is 45.6 Å². The lowest BCUT2D eigenvalue weighted by Gasteiger charge is -2.33. The van der Waals surface area contributed by atoms with E-state index in [0.717, 1.165) is 18.4 Å². The van der Waals surface area contributed by atoms with E-state index in [1.54, 1.807) is 0 Å². The van der Waals surface area contributed by atoms with Crippen LogP contribution in [0.25, 0.3) is 0 Å². The van der Waals surface area contributed by atoms with Gasteiger partial charge in [0.25, 0.3) is 0 Å². The molecule has 1 atom stereocenters. The molecule has 1 rings (SSSR count). The van der Waals surface area contributed by atoms with E-state index < -0.39 is 10.8 Å². The first-order valence-electron chi connectivity index (χ1n) is 9.13. The van der Waals surface area contributed by atoms with Crippen LogP contribution in [0.4, 0.5) is 0 Å². The van der Waals surface area contributed by atoms with Crippen LogP contribution >= 0.6 is 0 Å². The number of esters is 2. The second-order valence-electron chi connectivity index (χ2n) is 7.53. The molecule has 0 aliphatic carbocycles. The highest BCUT2D eigenvalue weighted by atomic mass is 16.5. The highest BCUT2D eigenvalue weighted by molar-refractivity contribution is 5.80. The van der Waals surface area contributed by atoms with Crippen LogP contribution < -0.4 is 0 Å². The molecule has 0 saturated heterocycles. The van der Waals surface area contributed by atoms with Crippen LogP contribution in [0.5, 0.6) is 0 Å². The van der Waals surface area contributed by atoms with Crippen molar-refractivity contribution in [3.63, 3.8) is 0 Å². The molecule has 0 fully saturated rings. The average molecular weight is 348 g/mol. The van der Waals surface area contributed by atoms with E-state index in [0.29, 0.717) is 19.4 Å². The minimum Gasteiger partial charge on any atom is -0.465 e. The average Bonchev–Trinajstić information content (AvgIpc) is 2.60. The van der Waals surface area contributed by atoms with Crippen molar-refractivity contribution in [2.24, 2.45) is 10.8 Å². The molecule has 4 nitrogen and oxygen atoms in total. The Kier molecular flexibility index (Phi) is 8.14. The maximum Gasteiger partial charge on any atom is 0.311 e. The van der Waals surface area contributed by atoms with Crippen molar-refractivity contribution in [2.75, 3.05) is 6.61 Å². The van der Waals surface area contributed by atoms with Crippen molar-refractivity contribution >= 4 is 11.9 Å². The van der Waals surface area contributed by atoms with E-state index in [1.165, 1.54) is 0 Å². The summed E-state index contributed by atoms with van der Waals surface area (Å²) in [5, 5.41) is 0. The molecule has 1 aromatic rings. The van der Waals surface area contributed by atoms with Gasteiger partial charge in [-0.1, -0.05) is 50.6 Å². The number of benzene rings is 1. The third kappa shape index (κ3) is 6.52. The number of ether oxygens (including phenoxy) is 2. The fourth-order valence-electron chi connectivity index (χ4n) is 2.79. The van der Waals surface area contributed by atoms with Crippen LogP contribution in [0.3, 0.4) is 0 Å². The van der Waals surface area contributed by atoms with Crippen molar-refractivity contribution in [2.45, 2.75) is 66.9 Å². The summed E-state index contributed by atoms with van der Waals surface area (Å²) in [7, 11) is 0. The number of rotatable bonds is 10. The summed E-state index contributed by atoms with van der Waals surface area (Å²) in [5.74, 6) is -0.523. The lowest BCUT2D eigenvalue weighted by Crippen LogP contribution is -2.38. The number of carbonyl (C=O) groups is 2. The molecule has 4 heteroatoms. The predicted octanol–water partition coefficient (Wildman–Crippen LogP) is 4.91. The van der Waals surface area contributed by atoms with Gasteiger partial charge in [0.1, 0.15) is 6.61 Å². The number of hydrogen-bond donors (Lipinski definition) is 0. The van der Waals surface area contributed by atoms with E-state index in [4.69, 9.17) is 9.47 Å². The van der Waals surface area contributed by atoms with Crippen molar-refractivity contribution < 1.29 is 19.1 Å². The van der Waals surface area contributed by atoms with Crippen LogP contribution in [0.2, 0.25) is 0 Å². The summed E-state index contributed by atoms with van der Waals surface area (Å²) in [6.07, 6.45) is 2.85. The molecule has 1 unspecified atom stereocenters. The first kappa shape index (κ1) is 21.2. The van der Waals surface area contributed by atoms with E-state index in [-0.39, 0.29) is 18.5 Å². The Bertz CT molecular complexity index is 550. The predicted molar refractivity (Wildman–Crippen MR) is 98.9 cm³/mol. The summed E-state index contributed by atoms with van der Waals surface area (Å²) in [4.78, 5) is 25.0. The quantitative estimate of drug-likeness (QED) is 0.445. The smallest absolute Gasteiger partial charge is 0.311 e. The van der Waals surface area contributed by atoms with E-state index in [1.807, 2.05) is 58.0 Å². The van der Waals surface area contributed by atoms with Gasteiger partial charge in [-0.3, -0.25) is 9.59 Å². The zero-order valence-corrected chi connectivity index (χ0v) is 16.3. The minimum absolute atomic E-state index is 0.229. The second kappa shape index (κ2) is 9.59. The molecule has 0 heterocycles. The Morgan fingerprint density at radius 3 is 2.16 bits per heavy atom. The van der Waals surface area contributed by atoms with Crippen molar-refractivity contribution in [3.05, 3.63) is 35.9 Å².